The predicted molar refractivity (Wildman–Crippen MR) is 77.5 cm³/mol. The largest absolute Gasteiger partial charge is 0.496 e. The highest BCUT2D eigenvalue weighted by atomic mass is 16.5. The lowest BCUT2D eigenvalue weighted by molar-refractivity contribution is 0.412. The Labute approximate surface area is 113 Å². The van der Waals surface area contributed by atoms with E-state index in [2.05, 4.69) is 11.9 Å². The predicted octanol–water partition coefficient (Wildman–Crippen LogP) is 2.12. The van der Waals surface area contributed by atoms with Gasteiger partial charge in [-0.2, -0.15) is 0 Å². The zero-order chi connectivity index (χ0) is 14.0. The smallest absolute Gasteiger partial charge is 0.150 e. The third-order valence-corrected chi connectivity index (χ3v) is 3.16. The molecular weight excluding hydrogens is 240 g/mol. The number of ether oxygens (including phenoxy) is 1. The summed E-state index contributed by atoms with van der Waals surface area (Å²) in [7, 11) is 1.66. The number of nitrogens with two attached hydrogens (primary N) is 2. The summed E-state index contributed by atoms with van der Waals surface area (Å²) in [5, 5.41) is 0. The molecule has 1 heterocycles. The van der Waals surface area contributed by atoms with Gasteiger partial charge in [-0.1, -0.05) is 6.92 Å². The van der Waals surface area contributed by atoms with E-state index in [9.17, 15) is 0 Å². The van der Waals surface area contributed by atoms with Crippen molar-refractivity contribution in [2.24, 2.45) is 0 Å². The van der Waals surface area contributed by atoms with Crippen molar-refractivity contribution in [3.05, 3.63) is 29.6 Å². The van der Waals surface area contributed by atoms with E-state index in [1.54, 1.807) is 7.11 Å². The van der Waals surface area contributed by atoms with Gasteiger partial charge in [0.2, 0.25) is 0 Å². The molecule has 2 aromatic rings. The highest BCUT2D eigenvalue weighted by molar-refractivity contribution is 5.72. The number of nitrogens with zero attached hydrogens (tertiary/aromatic N) is 2. The van der Waals surface area contributed by atoms with Gasteiger partial charge in [0.05, 0.1) is 7.11 Å². The van der Waals surface area contributed by atoms with Crippen molar-refractivity contribution in [3.8, 4) is 17.0 Å². The van der Waals surface area contributed by atoms with Gasteiger partial charge >= 0.3 is 0 Å². The van der Waals surface area contributed by atoms with E-state index in [0.717, 1.165) is 41.2 Å². The number of hydrogen-bond donors (Lipinski definition) is 2. The van der Waals surface area contributed by atoms with E-state index in [0.29, 0.717) is 5.82 Å². The van der Waals surface area contributed by atoms with Crippen LogP contribution in [0.1, 0.15) is 24.7 Å². The van der Waals surface area contributed by atoms with E-state index in [1.807, 2.05) is 25.1 Å². The maximum Gasteiger partial charge on any atom is 0.150 e. The van der Waals surface area contributed by atoms with Gasteiger partial charge in [-0.05, 0) is 37.1 Å². The van der Waals surface area contributed by atoms with Crippen molar-refractivity contribution in [2.45, 2.75) is 26.7 Å². The monoisotopic (exact) mass is 260 g/mol. The molecule has 1 aromatic carbocycles. The molecule has 0 bridgehead atoms. The van der Waals surface area contributed by atoms with Gasteiger partial charge in [0.1, 0.15) is 17.3 Å². The van der Waals surface area contributed by atoms with Crippen LogP contribution in [-0.2, 0) is 6.42 Å². The number of hydrogen-bond acceptors (Lipinski definition) is 4. The zero-order valence-corrected chi connectivity index (χ0v) is 11.6. The first-order valence-corrected chi connectivity index (χ1v) is 6.35. The molecule has 102 valence electrons. The second-order valence-corrected chi connectivity index (χ2v) is 4.57. The van der Waals surface area contributed by atoms with Crippen LogP contribution < -0.4 is 16.3 Å². The summed E-state index contributed by atoms with van der Waals surface area (Å²) < 4.78 is 6.72. The molecule has 0 unspecified atom stereocenters. The van der Waals surface area contributed by atoms with Crippen LogP contribution >= 0.6 is 0 Å². The molecule has 4 N–H and O–H groups in total. The Kier molecular flexibility index (Phi) is 3.64. The van der Waals surface area contributed by atoms with Gasteiger partial charge in [-0.15, -0.1) is 0 Å². The molecule has 0 aliphatic carbocycles. The normalized spacial score (nSPS) is 10.7. The molecule has 0 spiro atoms. The van der Waals surface area contributed by atoms with Gasteiger partial charge in [0, 0.05) is 12.0 Å². The van der Waals surface area contributed by atoms with E-state index in [-0.39, 0.29) is 0 Å². The summed E-state index contributed by atoms with van der Waals surface area (Å²) in [6.45, 7) is 4.08. The van der Waals surface area contributed by atoms with Crippen molar-refractivity contribution in [1.82, 2.24) is 9.66 Å². The molecular formula is C14H20N4O. The van der Waals surface area contributed by atoms with Crippen molar-refractivity contribution in [2.75, 3.05) is 18.7 Å². The Bertz CT molecular complexity index is 589. The van der Waals surface area contributed by atoms with E-state index >= 15 is 0 Å². The van der Waals surface area contributed by atoms with E-state index < -0.39 is 0 Å². The molecule has 0 radical (unpaired) electrons. The summed E-state index contributed by atoms with van der Waals surface area (Å²) in [6, 6.07) is 5.87. The third-order valence-electron chi connectivity index (χ3n) is 3.16. The van der Waals surface area contributed by atoms with Gasteiger partial charge < -0.3 is 16.3 Å². The summed E-state index contributed by atoms with van der Waals surface area (Å²) >= 11 is 0. The number of imidazole rings is 1. The van der Waals surface area contributed by atoms with Crippen LogP contribution in [0.4, 0.5) is 5.82 Å². The second kappa shape index (κ2) is 5.22. The number of anilines is 1. The minimum absolute atomic E-state index is 0.494. The topological polar surface area (TPSA) is 79.1 Å². The molecule has 19 heavy (non-hydrogen) atoms. The van der Waals surface area contributed by atoms with Crippen LogP contribution in [-0.4, -0.2) is 16.8 Å². The molecule has 1 aromatic heterocycles. The molecule has 0 fully saturated rings. The first kappa shape index (κ1) is 13.3. The fourth-order valence-electron chi connectivity index (χ4n) is 2.13. The fourth-order valence-corrected chi connectivity index (χ4v) is 2.13. The lowest BCUT2D eigenvalue weighted by Gasteiger charge is -2.06. The lowest BCUT2D eigenvalue weighted by Crippen LogP contribution is -2.15. The van der Waals surface area contributed by atoms with Crippen LogP contribution in [0, 0.1) is 6.92 Å². The summed E-state index contributed by atoms with van der Waals surface area (Å²) in [5.74, 6) is 8.08. The molecule has 5 heteroatoms. The molecule has 0 aliphatic heterocycles. The molecule has 2 rings (SSSR count). The first-order chi connectivity index (χ1) is 9.08. The van der Waals surface area contributed by atoms with Gasteiger partial charge in [0.25, 0.3) is 0 Å². The molecule has 0 saturated carbocycles. The average Bonchev–Trinajstić information content (AvgIpc) is 2.67. The van der Waals surface area contributed by atoms with Crippen molar-refractivity contribution >= 4 is 5.82 Å². The number of aromatic nitrogens is 2. The molecule has 0 amide bonds. The Morgan fingerprint density at radius 3 is 2.68 bits per heavy atom. The zero-order valence-electron chi connectivity index (χ0n) is 11.6. The second-order valence-electron chi connectivity index (χ2n) is 4.57. The number of aryl methyl sites for hydroxylation is 2. The first-order valence-electron chi connectivity index (χ1n) is 6.35. The SMILES string of the molecule is CCCc1nc(-c2ccc(OC)c(C)c2)c(N)n1N. The van der Waals surface area contributed by atoms with Crippen molar-refractivity contribution < 1.29 is 4.74 Å². The Balaban J connectivity index is 2.47. The molecule has 0 atom stereocenters. The third kappa shape index (κ3) is 2.36. The standard InChI is InChI=1S/C14H20N4O/c1-4-5-12-17-13(14(15)18(12)16)10-6-7-11(19-3)9(2)8-10/h6-8H,4-5,15-16H2,1-3H3. The van der Waals surface area contributed by atoms with Crippen LogP contribution in [0.3, 0.4) is 0 Å². The van der Waals surface area contributed by atoms with Crippen LogP contribution in [0.25, 0.3) is 11.3 Å². The van der Waals surface area contributed by atoms with Crippen LogP contribution in [0.15, 0.2) is 18.2 Å². The summed E-state index contributed by atoms with van der Waals surface area (Å²) in [5.41, 5.74) is 8.76. The number of nitrogen functional groups attached to an aromatic ring is 2. The van der Waals surface area contributed by atoms with Crippen molar-refractivity contribution in [1.29, 1.82) is 0 Å². The summed E-state index contributed by atoms with van der Waals surface area (Å²) in [6.07, 6.45) is 1.80. The highest BCUT2D eigenvalue weighted by Crippen LogP contribution is 2.29. The van der Waals surface area contributed by atoms with Gasteiger partial charge in [0.15, 0.2) is 5.82 Å². The maximum absolute atomic E-state index is 6.03. The number of methoxy groups -OCH3 is 1. The average molecular weight is 260 g/mol. The Hall–Kier alpha value is -2.17. The van der Waals surface area contributed by atoms with Gasteiger partial charge in [-0.3, -0.25) is 0 Å². The van der Waals surface area contributed by atoms with Gasteiger partial charge in [-0.25, -0.2) is 9.66 Å². The maximum atomic E-state index is 6.03. The van der Waals surface area contributed by atoms with Crippen LogP contribution in [0.5, 0.6) is 5.75 Å². The minimum atomic E-state index is 0.494. The molecule has 5 nitrogen and oxygen atoms in total. The quantitative estimate of drug-likeness (QED) is 0.825. The van der Waals surface area contributed by atoms with Crippen LogP contribution in [0.2, 0.25) is 0 Å². The minimum Gasteiger partial charge on any atom is -0.496 e. The molecule has 0 aliphatic rings. The Morgan fingerprint density at radius 2 is 2.11 bits per heavy atom. The van der Waals surface area contributed by atoms with E-state index in [1.165, 1.54) is 4.68 Å². The molecule has 0 saturated heterocycles. The lowest BCUT2D eigenvalue weighted by atomic mass is 10.1. The summed E-state index contributed by atoms with van der Waals surface area (Å²) in [4.78, 5) is 4.54. The van der Waals surface area contributed by atoms with Crippen molar-refractivity contribution in [3.63, 3.8) is 0 Å². The van der Waals surface area contributed by atoms with E-state index in [4.69, 9.17) is 16.3 Å². The number of benzene rings is 1. The highest BCUT2D eigenvalue weighted by Gasteiger charge is 2.14. The Morgan fingerprint density at radius 1 is 1.37 bits per heavy atom. The number of rotatable bonds is 4. The fraction of sp³-hybridized carbons (Fsp3) is 0.357.